The normalized spacial score (nSPS) is 12.4. The molecule has 0 amide bonds. The number of rotatable bonds is 10. The van der Waals surface area contributed by atoms with E-state index in [-0.39, 0.29) is 0 Å². The zero-order chi connectivity index (χ0) is 13.9. The van der Waals surface area contributed by atoms with Crippen molar-refractivity contribution in [3.8, 4) is 5.75 Å². The number of nitrogens with zero attached hydrogens (tertiary/aromatic N) is 1. The van der Waals surface area contributed by atoms with E-state index in [1.165, 1.54) is 38.5 Å². The van der Waals surface area contributed by atoms with Gasteiger partial charge in [-0.3, -0.25) is 4.98 Å². The molecule has 0 bridgehead atoms. The van der Waals surface area contributed by atoms with Gasteiger partial charge in [0.15, 0.2) is 0 Å². The van der Waals surface area contributed by atoms with Crippen molar-refractivity contribution in [3.05, 3.63) is 24.0 Å². The Morgan fingerprint density at radius 1 is 1.11 bits per heavy atom. The molecule has 1 rings (SSSR count). The van der Waals surface area contributed by atoms with Crippen LogP contribution in [0.4, 0.5) is 0 Å². The third-order valence-corrected chi connectivity index (χ3v) is 3.44. The van der Waals surface area contributed by atoms with Gasteiger partial charge >= 0.3 is 0 Å². The highest BCUT2D eigenvalue weighted by Gasteiger charge is 2.08. The van der Waals surface area contributed by atoms with Gasteiger partial charge in [-0.05, 0) is 12.5 Å². The van der Waals surface area contributed by atoms with E-state index >= 15 is 0 Å². The topological polar surface area (TPSA) is 42.4 Å². The number of unbranched alkanes of at least 4 members (excludes halogenated alkanes) is 6. The van der Waals surface area contributed by atoms with Crippen LogP contribution in [0.25, 0.3) is 0 Å². The Morgan fingerprint density at radius 3 is 2.47 bits per heavy atom. The highest BCUT2D eigenvalue weighted by atomic mass is 16.5. The van der Waals surface area contributed by atoms with Crippen LogP contribution in [0.2, 0.25) is 0 Å². The lowest BCUT2D eigenvalue weighted by molar-refractivity contribution is 0.162. The second-order valence-corrected chi connectivity index (χ2v) is 5.08. The van der Waals surface area contributed by atoms with Gasteiger partial charge in [-0.1, -0.05) is 51.9 Å². The van der Waals surface area contributed by atoms with Gasteiger partial charge in [0.25, 0.3) is 0 Å². The number of hydrogen-bond acceptors (Lipinski definition) is 3. The van der Waals surface area contributed by atoms with Crippen molar-refractivity contribution in [2.75, 3.05) is 7.11 Å². The smallest absolute Gasteiger partial charge is 0.137 e. The molecule has 108 valence electrons. The maximum Gasteiger partial charge on any atom is 0.137 e. The summed E-state index contributed by atoms with van der Waals surface area (Å²) in [6.45, 7) is 2.23. The molecule has 1 unspecified atom stereocenters. The maximum absolute atomic E-state index is 10.1. The lowest BCUT2D eigenvalue weighted by Crippen LogP contribution is -1.99. The fourth-order valence-electron chi connectivity index (χ4n) is 2.19. The minimum Gasteiger partial charge on any atom is -0.495 e. The first kappa shape index (κ1) is 16.0. The molecule has 1 N–H and O–H groups in total. The van der Waals surface area contributed by atoms with Crippen LogP contribution in [0, 0.1) is 0 Å². The molecular weight excluding hydrogens is 238 g/mol. The molecule has 0 saturated carbocycles. The van der Waals surface area contributed by atoms with Crippen LogP contribution in [-0.2, 0) is 0 Å². The Balaban J connectivity index is 2.18. The fourth-order valence-corrected chi connectivity index (χ4v) is 2.19. The number of methoxy groups -OCH3 is 1. The monoisotopic (exact) mass is 265 g/mol. The minimum atomic E-state index is -0.418. The molecule has 1 aromatic heterocycles. The number of pyridine rings is 1. The van der Waals surface area contributed by atoms with E-state index in [9.17, 15) is 5.11 Å². The quantitative estimate of drug-likeness (QED) is 0.643. The summed E-state index contributed by atoms with van der Waals surface area (Å²) in [6, 6.07) is 1.86. The van der Waals surface area contributed by atoms with E-state index in [4.69, 9.17) is 4.74 Å². The van der Waals surface area contributed by atoms with Crippen molar-refractivity contribution in [2.45, 2.75) is 64.4 Å². The summed E-state index contributed by atoms with van der Waals surface area (Å²) >= 11 is 0. The van der Waals surface area contributed by atoms with Gasteiger partial charge in [0, 0.05) is 11.8 Å². The zero-order valence-electron chi connectivity index (χ0n) is 12.3. The van der Waals surface area contributed by atoms with Crippen LogP contribution in [-0.4, -0.2) is 17.2 Å². The Bertz CT molecular complexity index is 341. The Hall–Kier alpha value is -1.09. The van der Waals surface area contributed by atoms with E-state index in [1.807, 2.05) is 6.07 Å². The zero-order valence-corrected chi connectivity index (χ0v) is 12.3. The summed E-state index contributed by atoms with van der Waals surface area (Å²) in [7, 11) is 1.61. The number of aliphatic hydroxyl groups is 1. The standard InChI is InChI=1S/C16H27NO2/c1-3-4-5-6-7-8-9-10-16(18)14-11-15(19-2)13-17-12-14/h11-13,16,18H,3-10H2,1-2H3. The second kappa shape index (κ2) is 9.79. The Kier molecular flexibility index (Phi) is 8.23. The lowest BCUT2D eigenvalue weighted by atomic mass is 10.0. The summed E-state index contributed by atoms with van der Waals surface area (Å²) in [4.78, 5) is 4.07. The first-order chi connectivity index (χ1) is 9.27. The summed E-state index contributed by atoms with van der Waals surface area (Å²) < 4.78 is 5.11. The van der Waals surface area contributed by atoms with Crippen LogP contribution >= 0.6 is 0 Å². The van der Waals surface area contributed by atoms with Crippen molar-refractivity contribution in [1.82, 2.24) is 4.98 Å². The highest BCUT2D eigenvalue weighted by Crippen LogP contribution is 2.22. The van der Waals surface area contributed by atoms with Crippen LogP contribution in [0.5, 0.6) is 5.75 Å². The molecule has 1 atom stereocenters. The number of aromatic nitrogens is 1. The van der Waals surface area contributed by atoms with Crippen molar-refractivity contribution in [2.24, 2.45) is 0 Å². The van der Waals surface area contributed by atoms with Crippen molar-refractivity contribution in [1.29, 1.82) is 0 Å². The molecule has 3 heteroatoms. The molecule has 3 nitrogen and oxygen atoms in total. The molecule has 19 heavy (non-hydrogen) atoms. The van der Waals surface area contributed by atoms with E-state index in [1.54, 1.807) is 19.5 Å². The number of aliphatic hydroxyl groups excluding tert-OH is 1. The van der Waals surface area contributed by atoms with E-state index in [0.29, 0.717) is 5.75 Å². The van der Waals surface area contributed by atoms with Crippen LogP contribution in [0.3, 0.4) is 0 Å². The van der Waals surface area contributed by atoms with Gasteiger partial charge in [0.2, 0.25) is 0 Å². The molecule has 1 heterocycles. The molecule has 0 spiro atoms. The summed E-state index contributed by atoms with van der Waals surface area (Å²) in [6.07, 6.45) is 12.6. The SMILES string of the molecule is CCCCCCCCCC(O)c1cncc(OC)c1. The molecule has 0 aliphatic rings. The van der Waals surface area contributed by atoms with Crippen LogP contribution in [0.15, 0.2) is 18.5 Å². The first-order valence-electron chi connectivity index (χ1n) is 7.45. The molecule has 0 aliphatic heterocycles. The average molecular weight is 265 g/mol. The molecule has 0 fully saturated rings. The highest BCUT2D eigenvalue weighted by molar-refractivity contribution is 5.24. The van der Waals surface area contributed by atoms with Crippen LogP contribution in [0.1, 0.15) is 70.0 Å². The van der Waals surface area contributed by atoms with Gasteiger partial charge in [0.05, 0.1) is 19.4 Å². The molecule has 0 saturated heterocycles. The van der Waals surface area contributed by atoms with E-state index in [0.717, 1.165) is 18.4 Å². The first-order valence-corrected chi connectivity index (χ1v) is 7.45. The number of ether oxygens (including phenoxy) is 1. The van der Waals surface area contributed by atoms with Crippen molar-refractivity contribution >= 4 is 0 Å². The second-order valence-electron chi connectivity index (χ2n) is 5.08. The molecular formula is C16H27NO2. The van der Waals surface area contributed by atoms with Crippen LogP contribution < -0.4 is 4.74 Å². The maximum atomic E-state index is 10.1. The summed E-state index contributed by atoms with van der Waals surface area (Å²) in [5.74, 6) is 0.705. The number of hydrogen-bond donors (Lipinski definition) is 1. The third kappa shape index (κ3) is 6.58. The van der Waals surface area contributed by atoms with Gasteiger partial charge in [-0.15, -0.1) is 0 Å². The molecule has 0 aliphatic carbocycles. The van der Waals surface area contributed by atoms with Crippen molar-refractivity contribution in [3.63, 3.8) is 0 Å². The van der Waals surface area contributed by atoms with Gasteiger partial charge < -0.3 is 9.84 Å². The van der Waals surface area contributed by atoms with E-state index in [2.05, 4.69) is 11.9 Å². The summed E-state index contributed by atoms with van der Waals surface area (Å²) in [5.41, 5.74) is 0.852. The van der Waals surface area contributed by atoms with Gasteiger partial charge in [-0.25, -0.2) is 0 Å². The molecule has 0 radical (unpaired) electrons. The van der Waals surface area contributed by atoms with E-state index < -0.39 is 6.10 Å². The Morgan fingerprint density at radius 2 is 1.79 bits per heavy atom. The molecule has 0 aromatic carbocycles. The Labute approximate surface area is 117 Å². The lowest BCUT2D eigenvalue weighted by Gasteiger charge is -2.11. The van der Waals surface area contributed by atoms with Gasteiger partial charge in [0.1, 0.15) is 5.75 Å². The van der Waals surface area contributed by atoms with Gasteiger partial charge in [-0.2, -0.15) is 0 Å². The average Bonchev–Trinajstić information content (AvgIpc) is 2.46. The fraction of sp³-hybridized carbons (Fsp3) is 0.688. The van der Waals surface area contributed by atoms with Crippen molar-refractivity contribution < 1.29 is 9.84 Å². The predicted octanol–water partition coefficient (Wildman–Crippen LogP) is 4.26. The molecule has 1 aromatic rings. The largest absolute Gasteiger partial charge is 0.495 e. The minimum absolute atomic E-state index is 0.418. The predicted molar refractivity (Wildman–Crippen MR) is 78.4 cm³/mol. The summed E-state index contributed by atoms with van der Waals surface area (Å²) in [5, 5.41) is 10.1. The third-order valence-electron chi connectivity index (χ3n) is 3.44.